The Balaban J connectivity index is 2.71. The highest BCUT2D eigenvalue weighted by molar-refractivity contribution is 5.76. The van der Waals surface area contributed by atoms with Crippen LogP contribution in [0.5, 0.6) is 5.75 Å². The fraction of sp³-hybridized carbons (Fsp3) is 0.500. The average Bonchev–Trinajstić information content (AvgIpc) is 2.36. The molecule has 0 bridgehead atoms. The summed E-state index contributed by atoms with van der Waals surface area (Å²) in [5, 5.41) is 0. The van der Waals surface area contributed by atoms with Crippen LogP contribution in [0.4, 0.5) is 13.2 Å². The lowest BCUT2D eigenvalue weighted by atomic mass is 10.1. The third kappa shape index (κ3) is 6.48. The molecule has 21 heavy (non-hydrogen) atoms. The van der Waals surface area contributed by atoms with Crippen LogP contribution >= 0.6 is 0 Å². The first kappa shape index (κ1) is 17.3. The van der Waals surface area contributed by atoms with E-state index in [1.165, 1.54) is 30.1 Å². The van der Waals surface area contributed by atoms with Crippen molar-refractivity contribution in [1.82, 2.24) is 4.90 Å². The molecule has 1 amide bonds. The van der Waals surface area contributed by atoms with Gasteiger partial charge in [-0.3, -0.25) is 4.79 Å². The maximum Gasteiger partial charge on any atom is 0.573 e. The number of amides is 1. The molecule has 1 aromatic carbocycles. The van der Waals surface area contributed by atoms with Gasteiger partial charge in [-0.1, -0.05) is 18.2 Å². The van der Waals surface area contributed by atoms with Gasteiger partial charge in [-0.15, -0.1) is 13.2 Å². The van der Waals surface area contributed by atoms with Gasteiger partial charge >= 0.3 is 6.36 Å². The van der Waals surface area contributed by atoms with Gasteiger partial charge < -0.3 is 15.4 Å². The Labute approximate surface area is 121 Å². The summed E-state index contributed by atoms with van der Waals surface area (Å²) in [6, 6.07) is 5.67. The highest BCUT2D eigenvalue weighted by atomic mass is 19.4. The molecule has 0 aliphatic carbocycles. The largest absolute Gasteiger partial charge is 0.573 e. The molecule has 0 radical (unpaired) electrons. The fourth-order valence-corrected chi connectivity index (χ4v) is 1.74. The van der Waals surface area contributed by atoms with Crippen molar-refractivity contribution >= 4 is 5.91 Å². The normalized spacial score (nSPS) is 12.9. The van der Waals surface area contributed by atoms with Gasteiger partial charge in [0.25, 0.3) is 0 Å². The van der Waals surface area contributed by atoms with E-state index in [1.54, 1.807) is 13.0 Å². The number of alkyl halides is 3. The van der Waals surface area contributed by atoms with Crippen LogP contribution in [0, 0.1) is 0 Å². The summed E-state index contributed by atoms with van der Waals surface area (Å²) in [5.41, 5.74) is 5.87. The van der Waals surface area contributed by atoms with Gasteiger partial charge in [0.05, 0.1) is 0 Å². The van der Waals surface area contributed by atoms with E-state index in [9.17, 15) is 18.0 Å². The molecule has 0 saturated heterocycles. The van der Waals surface area contributed by atoms with Crippen LogP contribution in [0.1, 0.15) is 25.3 Å². The zero-order chi connectivity index (χ0) is 16.0. The molecule has 1 aromatic rings. The Morgan fingerprint density at radius 2 is 2.00 bits per heavy atom. The van der Waals surface area contributed by atoms with Crippen molar-refractivity contribution < 1.29 is 22.7 Å². The number of ether oxygens (including phenoxy) is 1. The molecule has 0 spiro atoms. The van der Waals surface area contributed by atoms with Gasteiger partial charge in [0.1, 0.15) is 5.75 Å². The summed E-state index contributed by atoms with van der Waals surface area (Å²) >= 11 is 0. The molecular weight excluding hydrogens is 285 g/mol. The standard InChI is InChI=1S/C14H19F3N2O2/c1-10(18)7-8-13(20)19(2)9-11-5-3-4-6-12(11)21-14(15,16)17/h3-6,10H,7-9,18H2,1-2H3. The van der Waals surface area contributed by atoms with E-state index in [0.717, 1.165) is 0 Å². The van der Waals surface area contributed by atoms with E-state index in [2.05, 4.69) is 4.74 Å². The van der Waals surface area contributed by atoms with Gasteiger partial charge in [0.15, 0.2) is 0 Å². The first-order valence-corrected chi connectivity index (χ1v) is 6.52. The minimum Gasteiger partial charge on any atom is -0.405 e. The fourth-order valence-electron chi connectivity index (χ4n) is 1.74. The molecule has 0 aliphatic rings. The molecule has 7 heteroatoms. The Morgan fingerprint density at radius 3 is 2.57 bits per heavy atom. The second kappa shape index (κ2) is 7.31. The Hall–Kier alpha value is -1.76. The minimum absolute atomic E-state index is 0.0457. The van der Waals surface area contributed by atoms with Crippen LogP contribution in [0.2, 0.25) is 0 Å². The van der Waals surface area contributed by atoms with E-state index in [0.29, 0.717) is 12.0 Å². The van der Waals surface area contributed by atoms with E-state index in [1.807, 2.05) is 0 Å². The molecule has 0 aliphatic heterocycles. The number of halogens is 3. The van der Waals surface area contributed by atoms with E-state index in [-0.39, 0.29) is 30.7 Å². The molecule has 0 heterocycles. The quantitative estimate of drug-likeness (QED) is 0.879. The summed E-state index contributed by atoms with van der Waals surface area (Å²) < 4.78 is 40.9. The molecule has 0 aromatic heterocycles. The summed E-state index contributed by atoms with van der Waals surface area (Å²) in [7, 11) is 1.54. The SMILES string of the molecule is CC(N)CCC(=O)N(C)Cc1ccccc1OC(F)(F)F. The molecule has 1 unspecified atom stereocenters. The minimum atomic E-state index is -4.76. The topological polar surface area (TPSA) is 55.6 Å². The first-order valence-electron chi connectivity index (χ1n) is 6.52. The lowest BCUT2D eigenvalue weighted by Crippen LogP contribution is -2.28. The number of rotatable bonds is 6. The van der Waals surface area contributed by atoms with Crippen LogP contribution in [-0.2, 0) is 11.3 Å². The van der Waals surface area contributed by atoms with Gasteiger partial charge in [-0.25, -0.2) is 0 Å². The second-order valence-electron chi connectivity index (χ2n) is 4.92. The van der Waals surface area contributed by atoms with Gasteiger partial charge in [0.2, 0.25) is 5.91 Å². The van der Waals surface area contributed by atoms with Crippen molar-refractivity contribution in [3.8, 4) is 5.75 Å². The van der Waals surface area contributed by atoms with Gasteiger partial charge in [-0.2, -0.15) is 0 Å². The van der Waals surface area contributed by atoms with Crippen molar-refractivity contribution in [3.63, 3.8) is 0 Å². The molecule has 4 nitrogen and oxygen atoms in total. The lowest BCUT2D eigenvalue weighted by molar-refractivity contribution is -0.275. The third-order valence-corrected chi connectivity index (χ3v) is 2.85. The monoisotopic (exact) mass is 304 g/mol. The van der Waals surface area contributed by atoms with Crippen LogP contribution in [0.15, 0.2) is 24.3 Å². The number of carbonyl (C=O) groups excluding carboxylic acids is 1. The number of para-hydroxylation sites is 1. The maximum absolute atomic E-state index is 12.3. The Morgan fingerprint density at radius 1 is 1.38 bits per heavy atom. The molecule has 1 atom stereocenters. The maximum atomic E-state index is 12.3. The molecule has 1 rings (SSSR count). The predicted octanol–water partition coefficient (Wildman–Crippen LogP) is 2.67. The summed E-state index contributed by atoms with van der Waals surface area (Å²) in [4.78, 5) is 13.2. The van der Waals surface area contributed by atoms with Gasteiger partial charge in [0, 0.05) is 31.6 Å². The predicted molar refractivity (Wildman–Crippen MR) is 72.5 cm³/mol. The van der Waals surface area contributed by atoms with Gasteiger partial charge in [-0.05, 0) is 19.4 Å². The number of hydrogen-bond donors (Lipinski definition) is 1. The highest BCUT2D eigenvalue weighted by Gasteiger charge is 2.32. The van der Waals surface area contributed by atoms with Crippen LogP contribution < -0.4 is 10.5 Å². The number of nitrogens with two attached hydrogens (primary N) is 1. The van der Waals surface area contributed by atoms with E-state index in [4.69, 9.17) is 5.73 Å². The Kier molecular flexibility index (Phi) is 6.02. The number of hydrogen-bond acceptors (Lipinski definition) is 3. The van der Waals surface area contributed by atoms with Crippen LogP contribution in [0.3, 0.4) is 0 Å². The molecule has 118 valence electrons. The summed E-state index contributed by atoms with van der Waals surface area (Å²) in [6.45, 7) is 1.84. The third-order valence-electron chi connectivity index (χ3n) is 2.85. The molecule has 0 fully saturated rings. The average molecular weight is 304 g/mol. The smallest absolute Gasteiger partial charge is 0.405 e. The Bertz CT molecular complexity index is 476. The zero-order valence-corrected chi connectivity index (χ0v) is 12.0. The van der Waals surface area contributed by atoms with Crippen LogP contribution in [-0.4, -0.2) is 30.3 Å². The van der Waals surface area contributed by atoms with Crippen molar-refractivity contribution in [2.75, 3.05) is 7.05 Å². The lowest BCUT2D eigenvalue weighted by Gasteiger charge is -2.20. The van der Waals surface area contributed by atoms with Crippen molar-refractivity contribution in [3.05, 3.63) is 29.8 Å². The first-order chi connectivity index (χ1) is 9.69. The van der Waals surface area contributed by atoms with E-state index >= 15 is 0 Å². The zero-order valence-electron chi connectivity index (χ0n) is 12.0. The van der Waals surface area contributed by atoms with E-state index < -0.39 is 6.36 Å². The van der Waals surface area contributed by atoms with Crippen molar-refractivity contribution in [1.29, 1.82) is 0 Å². The highest BCUT2D eigenvalue weighted by Crippen LogP contribution is 2.27. The molecule has 0 saturated carbocycles. The van der Waals surface area contributed by atoms with Crippen LogP contribution in [0.25, 0.3) is 0 Å². The number of nitrogens with zero attached hydrogens (tertiary/aromatic N) is 1. The van der Waals surface area contributed by atoms with Crippen molar-refractivity contribution in [2.24, 2.45) is 5.73 Å². The van der Waals surface area contributed by atoms with Crippen molar-refractivity contribution in [2.45, 2.75) is 38.7 Å². The molecule has 2 N–H and O–H groups in total. The summed E-state index contributed by atoms with van der Waals surface area (Å²) in [5.74, 6) is -0.467. The number of carbonyl (C=O) groups is 1. The number of benzene rings is 1. The summed E-state index contributed by atoms with van der Waals surface area (Å²) in [6.07, 6.45) is -3.96. The second-order valence-corrected chi connectivity index (χ2v) is 4.92. The molecular formula is C14H19F3N2O2.